The van der Waals surface area contributed by atoms with Crippen LogP contribution < -0.4 is 9.47 Å². The molecule has 4 nitrogen and oxygen atoms in total. The van der Waals surface area contributed by atoms with E-state index in [4.69, 9.17) is 9.47 Å². The van der Waals surface area contributed by atoms with Gasteiger partial charge in [0.15, 0.2) is 0 Å². The Balaban J connectivity index is 0.904. The Hall–Kier alpha value is -5.22. The van der Waals surface area contributed by atoms with Crippen molar-refractivity contribution in [3.63, 3.8) is 0 Å². The maximum Gasteiger partial charge on any atom is 0.343 e. The van der Waals surface area contributed by atoms with E-state index in [2.05, 4.69) is 50.2 Å². The van der Waals surface area contributed by atoms with E-state index in [0.717, 1.165) is 58.1 Å². The second-order valence-electron chi connectivity index (χ2n) is 20.7. The minimum absolute atomic E-state index is 0.417. The molecule has 2 aliphatic rings. The molecule has 0 atom stereocenters. The molecule has 0 aliphatic heterocycles. The molecular weight excluding hydrogens is 833 g/mol. The second kappa shape index (κ2) is 25.4. The zero-order chi connectivity index (χ0) is 46.9. The summed E-state index contributed by atoms with van der Waals surface area (Å²) in [6.07, 6.45) is 32.0. The minimum atomic E-state index is -0.419. The Morgan fingerprint density at radius 3 is 1.09 bits per heavy atom. The second-order valence-corrected chi connectivity index (χ2v) is 20.7. The Kier molecular flexibility index (Phi) is 18.4. The normalized spacial score (nSPS) is 18.4. The zero-order valence-corrected chi connectivity index (χ0v) is 41.5. The molecular formula is C64H78O4. The summed E-state index contributed by atoms with van der Waals surface area (Å²) in [6, 6.07) is 39.8. The quantitative estimate of drug-likeness (QED) is 0.0365. The van der Waals surface area contributed by atoms with Gasteiger partial charge in [-0.1, -0.05) is 227 Å². The summed E-state index contributed by atoms with van der Waals surface area (Å²) in [5.41, 5.74) is 4.94. The summed E-state index contributed by atoms with van der Waals surface area (Å²) < 4.78 is 12.7. The molecule has 0 saturated heterocycles. The molecule has 0 spiro atoms. The molecule has 2 saturated carbocycles. The van der Waals surface area contributed by atoms with Crippen LogP contribution in [0.1, 0.15) is 187 Å². The van der Waals surface area contributed by atoms with Gasteiger partial charge in [0, 0.05) is 11.1 Å². The number of ether oxygens (including phenoxy) is 2. The van der Waals surface area contributed by atoms with Crippen LogP contribution in [0.2, 0.25) is 0 Å². The molecule has 68 heavy (non-hydrogen) atoms. The lowest BCUT2D eigenvalue weighted by molar-refractivity contribution is 0.0723. The molecule has 6 aromatic carbocycles. The summed E-state index contributed by atoms with van der Waals surface area (Å²) in [6.45, 7) is 4.60. The van der Waals surface area contributed by atoms with Crippen LogP contribution in [0.5, 0.6) is 11.5 Å². The van der Waals surface area contributed by atoms with Gasteiger partial charge in [-0.3, -0.25) is 0 Å². The van der Waals surface area contributed by atoms with Crippen LogP contribution in [0.15, 0.2) is 121 Å². The molecule has 0 heterocycles. The van der Waals surface area contributed by atoms with Crippen LogP contribution in [-0.4, -0.2) is 11.9 Å². The fourth-order valence-corrected chi connectivity index (χ4v) is 11.6. The number of carbonyl (C=O) groups is 2. The molecule has 0 amide bonds. The van der Waals surface area contributed by atoms with Crippen molar-refractivity contribution in [1.82, 2.24) is 0 Å². The number of benzene rings is 6. The van der Waals surface area contributed by atoms with Crippen molar-refractivity contribution in [2.45, 2.75) is 168 Å². The first kappa shape index (κ1) is 49.2. The molecule has 4 heteroatoms. The molecule has 8 rings (SSSR count). The fourth-order valence-electron chi connectivity index (χ4n) is 11.6. The number of hydrogen-bond acceptors (Lipinski definition) is 4. The van der Waals surface area contributed by atoms with Crippen LogP contribution in [0.3, 0.4) is 0 Å². The van der Waals surface area contributed by atoms with E-state index in [-0.39, 0.29) is 0 Å². The minimum Gasteiger partial charge on any atom is -0.422 e. The number of aryl methyl sites for hydroxylation is 2. The van der Waals surface area contributed by atoms with Gasteiger partial charge in [0.05, 0.1) is 11.1 Å². The monoisotopic (exact) mass is 911 g/mol. The van der Waals surface area contributed by atoms with Crippen molar-refractivity contribution >= 4 is 33.5 Å². The molecule has 0 unspecified atom stereocenters. The molecule has 0 N–H and O–H groups in total. The number of rotatable bonds is 23. The summed E-state index contributed by atoms with van der Waals surface area (Å²) in [5.74, 6) is 3.72. The fraction of sp³-hybridized carbons (Fsp3) is 0.469. The van der Waals surface area contributed by atoms with Gasteiger partial charge in [-0.05, 0) is 118 Å². The molecule has 0 radical (unpaired) electrons. The highest BCUT2D eigenvalue weighted by molar-refractivity contribution is 6.11. The summed E-state index contributed by atoms with van der Waals surface area (Å²) in [7, 11) is 0. The van der Waals surface area contributed by atoms with Gasteiger partial charge in [0.25, 0.3) is 0 Å². The van der Waals surface area contributed by atoms with E-state index in [1.54, 1.807) is 0 Å². The number of hydrogen-bond donors (Lipinski definition) is 0. The predicted molar refractivity (Wildman–Crippen MR) is 284 cm³/mol. The predicted octanol–water partition coefficient (Wildman–Crippen LogP) is 18.3. The Bertz CT molecular complexity index is 2320. The number of unbranched alkanes of at least 4 members (excludes halogenated alkanes) is 6. The van der Waals surface area contributed by atoms with Crippen molar-refractivity contribution in [3.05, 3.63) is 144 Å². The van der Waals surface area contributed by atoms with Crippen molar-refractivity contribution < 1.29 is 19.1 Å². The van der Waals surface area contributed by atoms with Gasteiger partial charge >= 0.3 is 11.9 Å². The standard InChI is InChI=1S/C64H78O4/c1-3-5-7-17-47-27-31-49(32-28-47)19-9-11-21-51-35-39-55(40-36-51)63(65)67-59-45-43-53-23-13-15-25-57(53)61(59)62-58-26-16-14-24-54(58)44-46-60(62)68-64(66)56-41-37-52(38-42-56)22-12-10-20-50-33-29-48(30-34-50)18-8-6-4-2/h13-16,23-26,35-50H,3-12,17-22,27-34H2,1-2H3. The van der Waals surface area contributed by atoms with E-state index < -0.39 is 11.9 Å². The Morgan fingerprint density at radius 1 is 0.397 bits per heavy atom. The smallest absolute Gasteiger partial charge is 0.343 e. The molecule has 2 fully saturated rings. The van der Waals surface area contributed by atoms with Crippen molar-refractivity contribution in [2.24, 2.45) is 23.7 Å². The SMILES string of the molecule is CCCCCC1CCC(CCCCc2ccc(C(=O)Oc3ccc4ccccc4c3-c3c(OC(=O)c4ccc(CCCCC5CCC(CCCCC)CC5)cc4)ccc4ccccc34)cc2)CC1. The lowest BCUT2D eigenvalue weighted by atomic mass is 9.78. The summed E-state index contributed by atoms with van der Waals surface area (Å²) in [4.78, 5) is 28.0. The largest absolute Gasteiger partial charge is 0.422 e. The molecule has 0 aromatic heterocycles. The average Bonchev–Trinajstić information content (AvgIpc) is 3.38. The highest BCUT2D eigenvalue weighted by Gasteiger charge is 2.25. The van der Waals surface area contributed by atoms with Crippen molar-refractivity contribution in [3.8, 4) is 22.6 Å². The van der Waals surface area contributed by atoms with E-state index in [0.29, 0.717) is 33.8 Å². The molecule has 0 bridgehead atoms. The Morgan fingerprint density at radius 2 is 0.735 bits per heavy atom. The van der Waals surface area contributed by atoms with Crippen molar-refractivity contribution in [1.29, 1.82) is 0 Å². The number of esters is 2. The zero-order valence-electron chi connectivity index (χ0n) is 41.5. The topological polar surface area (TPSA) is 52.6 Å². The molecule has 2 aliphatic carbocycles. The van der Waals surface area contributed by atoms with E-state index in [1.165, 1.54) is 152 Å². The third-order valence-electron chi connectivity index (χ3n) is 15.8. The highest BCUT2D eigenvalue weighted by Crippen LogP contribution is 2.46. The van der Waals surface area contributed by atoms with Gasteiger partial charge in [-0.25, -0.2) is 9.59 Å². The van der Waals surface area contributed by atoms with Crippen molar-refractivity contribution in [2.75, 3.05) is 0 Å². The first-order valence-electron chi connectivity index (χ1n) is 27.1. The van der Waals surface area contributed by atoms with E-state index in [9.17, 15) is 9.59 Å². The van der Waals surface area contributed by atoms with Gasteiger partial charge in [0.2, 0.25) is 0 Å². The summed E-state index contributed by atoms with van der Waals surface area (Å²) >= 11 is 0. The van der Waals surface area contributed by atoms with Crippen LogP contribution in [0.25, 0.3) is 32.7 Å². The van der Waals surface area contributed by atoms with Crippen LogP contribution in [-0.2, 0) is 12.8 Å². The van der Waals surface area contributed by atoms with Crippen LogP contribution >= 0.6 is 0 Å². The third-order valence-corrected chi connectivity index (χ3v) is 15.8. The lowest BCUT2D eigenvalue weighted by Gasteiger charge is -2.28. The van der Waals surface area contributed by atoms with E-state index >= 15 is 0 Å². The van der Waals surface area contributed by atoms with Gasteiger partial charge in [-0.2, -0.15) is 0 Å². The molecule has 358 valence electrons. The number of carbonyl (C=O) groups excluding carboxylic acids is 2. The highest BCUT2D eigenvalue weighted by atomic mass is 16.5. The first-order valence-corrected chi connectivity index (χ1v) is 27.1. The lowest BCUT2D eigenvalue weighted by Crippen LogP contribution is -2.14. The van der Waals surface area contributed by atoms with Gasteiger partial charge in [-0.15, -0.1) is 0 Å². The molecule has 6 aromatic rings. The summed E-state index contributed by atoms with van der Waals surface area (Å²) in [5, 5.41) is 3.79. The average molecular weight is 911 g/mol. The maximum absolute atomic E-state index is 14.0. The van der Waals surface area contributed by atoms with Gasteiger partial charge in [0.1, 0.15) is 11.5 Å². The first-order chi connectivity index (χ1) is 33.4. The Labute approximate surface area is 408 Å². The van der Waals surface area contributed by atoms with Gasteiger partial charge < -0.3 is 9.47 Å². The van der Waals surface area contributed by atoms with E-state index in [1.807, 2.05) is 84.9 Å². The third kappa shape index (κ3) is 13.5. The van der Waals surface area contributed by atoms with Crippen LogP contribution in [0, 0.1) is 23.7 Å². The maximum atomic E-state index is 14.0. The number of fused-ring (bicyclic) bond motifs is 2. The van der Waals surface area contributed by atoms with Crippen LogP contribution in [0.4, 0.5) is 0 Å².